The summed E-state index contributed by atoms with van der Waals surface area (Å²) in [5.41, 5.74) is 2.76. The van der Waals surface area contributed by atoms with Gasteiger partial charge < -0.3 is 10.2 Å². The van der Waals surface area contributed by atoms with E-state index < -0.39 is 11.9 Å². The molecule has 134 valence electrons. The zero-order valence-electron chi connectivity index (χ0n) is 14.1. The Hall–Kier alpha value is -2.70. The predicted octanol–water partition coefficient (Wildman–Crippen LogP) is 4.37. The quantitative estimate of drug-likeness (QED) is 0.600. The van der Waals surface area contributed by atoms with Crippen LogP contribution in [-0.2, 0) is 4.79 Å². The van der Waals surface area contributed by atoms with E-state index in [2.05, 4.69) is 17.2 Å². The van der Waals surface area contributed by atoms with E-state index in [0.717, 1.165) is 16.3 Å². The van der Waals surface area contributed by atoms with Crippen LogP contribution < -0.4 is 20.4 Å². The van der Waals surface area contributed by atoms with Gasteiger partial charge in [0, 0.05) is 25.5 Å². The Balaban J connectivity index is 1.89. The number of halogens is 2. The van der Waals surface area contributed by atoms with Crippen LogP contribution in [0.4, 0.5) is 27.5 Å². The molecule has 0 aliphatic carbocycles. The summed E-state index contributed by atoms with van der Waals surface area (Å²) in [5.74, 6) is -0.551. The fourth-order valence-corrected chi connectivity index (χ4v) is 3.09. The summed E-state index contributed by atoms with van der Waals surface area (Å²) in [6.45, 7) is 3.60. The maximum Gasteiger partial charge on any atom is 0.333 e. The number of amides is 3. The van der Waals surface area contributed by atoms with Gasteiger partial charge in [-0.15, -0.1) is 0 Å². The van der Waals surface area contributed by atoms with Crippen molar-refractivity contribution in [1.29, 1.82) is 0 Å². The first-order chi connectivity index (χ1) is 12.3. The van der Waals surface area contributed by atoms with E-state index in [9.17, 15) is 9.59 Å². The van der Waals surface area contributed by atoms with Gasteiger partial charge in [-0.25, -0.2) is 4.79 Å². The van der Waals surface area contributed by atoms with Crippen LogP contribution in [0, 0.1) is 0 Å². The predicted molar refractivity (Wildman–Crippen MR) is 106 cm³/mol. The van der Waals surface area contributed by atoms with E-state index in [1.807, 2.05) is 43.3 Å². The number of carbonyl (C=O) groups is 2. The molecule has 2 N–H and O–H groups in total. The number of imide groups is 1. The van der Waals surface area contributed by atoms with Crippen LogP contribution in [0.3, 0.4) is 0 Å². The maximum atomic E-state index is 11.9. The normalized spacial score (nSPS) is 13.8. The molecule has 0 radical (unpaired) electrons. The largest absolute Gasteiger partial charge is 0.378 e. The number of carbonyl (C=O) groups excluding carboxylic acids is 2. The first-order valence-corrected chi connectivity index (χ1v) is 8.41. The van der Waals surface area contributed by atoms with Gasteiger partial charge in [0.1, 0.15) is 5.70 Å². The lowest BCUT2D eigenvalue weighted by molar-refractivity contribution is -0.115. The number of rotatable bonds is 4. The lowest BCUT2D eigenvalue weighted by Gasteiger charge is -2.18. The van der Waals surface area contributed by atoms with Crippen molar-refractivity contribution in [3.63, 3.8) is 0 Å². The molecule has 0 bridgehead atoms. The Morgan fingerprint density at radius 3 is 2.12 bits per heavy atom. The van der Waals surface area contributed by atoms with Gasteiger partial charge >= 0.3 is 6.03 Å². The first-order valence-electron chi connectivity index (χ1n) is 7.65. The van der Waals surface area contributed by atoms with E-state index in [1.165, 1.54) is 0 Å². The smallest absolute Gasteiger partial charge is 0.333 e. The lowest BCUT2D eigenvalue weighted by atomic mass is 10.2. The molecule has 1 heterocycles. The average Bonchev–Trinajstić information content (AvgIpc) is 2.83. The molecule has 1 aliphatic heterocycles. The molecular formula is C18H16Cl2N4O2. The van der Waals surface area contributed by atoms with E-state index in [0.29, 0.717) is 21.4 Å². The fraction of sp³-hybridized carbons (Fsp3) is 0.111. The molecule has 3 amide bonds. The third kappa shape index (κ3) is 3.34. The Bertz CT molecular complexity index is 887. The van der Waals surface area contributed by atoms with Crippen LogP contribution in [0.1, 0.15) is 0 Å². The minimum absolute atomic E-state index is 0.0158. The summed E-state index contributed by atoms with van der Waals surface area (Å²) < 4.78 is 0. The van der Waals surface area contributed by atoms with Crippen molar-refractivity contribution in [3.8, 4) is 0 Å². The number of nitrogens with zero attached hydrogens (tertiary/aromatic N) is 2. The minimum Gasteiger partial charge on any atom is -0.378 e. The second-order valence-electron chi connectivity index (χ2n) is 5.89. The van der Waals surface area contributed by atoms with Crippen molar-refractivity contribution >= 4 is 57.9 Å². The molecule has 8 heteroatoms. The molecule has 0 atom stereocenters. The van der Waals surface area contributed by atoms with Crippen molar-refractivity contribution in [2.75, 3.05) is 29.2 Å². The number of nitrogens with one attached hydrogen (secondary N) is 2. The van der Waals surface area contributed by atoms with Gasteiger partial charge in [0.05, 0.1) is 21.4 Å². The lowest BCUT2D eigenvalue weighted by Crippen LogP contribution is -2.27. The third-order valence-electron chi connectivity index (χ3n) is 3.89. The third-order valence-corrected chi connectivity index (χ3v) is 4.49. The molecule has 3 rings (SSSR count). The van der Waals surface area contributed by atoms with Crippen molar-refractivity contribution in [1.82, 2.24) is 5.32 Å². The standard InChI is InChI=1S/C18H16Cl2N4O2/c1-10-17(25)22-18(26)24(10)13-8-14(19)16(15(20)9-13)21-11-4-6-12(7-5-11)23(2)3/h4-9,21H,1H2,2-3H3,(H,22,25,26). The molecule has 0 spiro atoms. The summed E-state index contributed by atoms with van der Waals surface area (Å²) in [6.07, 6.45) is 0. The second-order valence-corrected chi connectivity index (χ2v) is 6.71. The van der Waals surface area contributed by atoms with Gasteiger partial charge in [-0.2, -0.15) is 0 Å². The van der Waals surface area contributed by atoms with E-state index in [4.69, 9.17) is 23.2 Å². The number of anilines is 4. The number of benzene rings is 2. The SMILES string of the molecule is C=C1C(=O)NC(=O)N1c1cc(Cl)c(Nc2ccc(N(C)C)cc2)c(Cl)c1. The molecular weight excluding hydrogens is 375 g/mol. The zero-order valence-corrected chi connectivity index (χ0v) is 15.6. The summed E-state index contributed by atoms with van der Waals surface area (Å²) in [4.78, 5) is 26.6. The Kier molecular flexibility index (Phi) is 4.80. The van der Waals surface area contributed by atoms with Gasteiger partial charge in [-0.1, -0.05) is 29.8 Å². The molecule has 1 fully saturated rings. The van der Waals surface area contributed by atoms with E-state index >= 15 is 0 Å². The van der Waals surface area contributed by atoms with Crippen molar-refractivity contribution in [2.45, 2.75) is 0 Å². The van der Waals surface area contributed by atoms with Crippen LogP contribution in [0.2, 0.25) is 10.0 Å². The molecule has 0 aromatic heterocycles. The van der Waals surface area contributed by atoms with Gasteiger partial charge in [0.15, 0.2) is 0 Å². The van der Waals surface area contributed by atoms with E-state index in [1.54, 1.807) is 12.1 Å². The summed E-state index contributed by atoms with van der Waals surface area (Å²) in [5, 5.41) is 5.95. The number of hydrogen-bond donors (Lipinski definition) is 2. The molecule has 6 nitrogen and oxygen atoms in total. The van der Waals surface area contributed by atoms with Crippen LogP contribution in [0.25, 0.3) is 0 Å². The Morgan fingerprint density at radius 2 is 1.65 bits per heavy atom. The van der Waals surface area contributed by atoms with Crippen LogP contribution in [-0.4, -0.2) is 26.0 Å². The van der Waals surface area contributed by atoms with Gasteiger partial charge in [0.2, 0.25) is 0 Å². The summed E-state index contributed by atoms with van der Waals surface area (Å²) >= 11 is 12.7. The maximum absolute atomic E-state index is 11.9. The molecule has 1 saturated heterocycles. The van der Waals surface area contributed by atoms with Crippen molar-refractivity contribution in [3.05, 3.63) is 58.7 Å². The number of urea groups is 1. The summed E-state index contributed by atoms with van der Waals surface area (Å²) in [7, 11) is 3.92. The highest BCUT2D eigenvalue weighted by molar-refractivity contribution is 6.40. The Labute approximate surface area is 161 Å². The minimum atomic E-state index is -0.591. The second kappa shape index (κ2) is 6.90. The van der Waals surface area contributed by atoms with Crippen LogP contribution in [0.15, 0.2) is 48.7 Å². The first kappa shape index (κ1) is 18.1. The van der Waals surface area contributed by atoms with Gasteiger partial charge in [-0.3, -0.25) is 15.0 Å². The average molecular weight is 391 g/mol. The molecule has 0 unspecified atom stereocenters. The molecule has 2 aromatic rings. The highest BCUT2D eigenvalue weighted by atomic mass is 35.5. The number of hydrogen-bond acceptors (Lipinski definition) is 4. The zero-order chi connectivity index (χ0) is 19.0. The van der Waals surface area contributed by atoms with Crippen LogP contribution in [0.5, 0.6) is 0 Å². The van der Waals surface area contributed by atoms with Gasteiger partial charge in [-0.05, 0) is 36.4 Å². The molecule has 0 saturated carbocycles. The van der Waals surface area contributed by atoms with Crippen LogP contribution >= 0.6 is 23.2 Å². The van der Waals surface area contributed by atoms with E-state index in [-0.39, 0.29) is 5.70 Å². The monoisotopic (exact) mass is 390 g/mol. The molecule has 26 heavy (non-hydrogen) atoms. The summed E-state index contributed by atoms with van der Waals surface area (Å²) in [6, 6.07) is 10.2. The van der Waals surface area contributed by atoms with Crippen molar-refractivity contribution in [2.24, 2.45) is 0 Å². The molecule has 2 aromatic carbocycles. The van der Waals surface area contributed by atoms with Gasteiger partial charge in [0.25, 0.3) is 5.91 Å². The fourth-order valence-electron chi connectivity index (χ4n) is 2.52. The topological polar surface area (TPSA) is 64.7 Å². The highest BCUT2D eigenvalue weighted by Gasteiger charge is 2.33. The molecule has 1 aliphatic rings. The Morgan fingerprint density at radius 1 is 1.08 bits per heavy atom. The van der Waals surface area contributed by atoms with Crippen molar-refractivity contribution < 1.29 is 9.59 Å². The highest BCUT2D eigenvalue weighted by Crippen LogP contribution is 2.38.